The maximum Gasteiger partial charge on any atom is 0.231 e. The molecule has 0 aliphatic heterocycles. The zero-order chi connectivity index (χ0) is 18.8. The van der Waals surface area contributed by atoms with Crippen LogP contribution in [0.2, 0.25) is 5.02 Å². The van der Waals surface area contributed by atoms with Crippen molar-refractivity contribution >= 4 is 45.9 Å². The van der Waals surface area contributed by atoms with Crippen molar-refractivity contribution in [3.63, 3.8) is 0 Å². The van der Waals surface area contributed by atoms with Gasteiger partial charge in [0.1, 0.15) is 0 Å². The van der Waals surface area contributed by atoms with Crippen LogP contribution in [0.3, 0.4) is 0 Å². The Hall–Kier alpha value is -3.25. The average molecular weight is 377 g/mol. The number of hydrogen-bond acceptors (Lipinski definition) is 6. The van der Waals surface area contributed by atoms with Crippen LogP contribution in [0.4, 0.5) is 23.1 Å². The third kappa shape index (κ3) is 3.80. The number of benzene rings is 2. The summed E-state index contributed by atoms with van der Waals surface area (Å²) in [6.45, 7) is 4.02. The predicted octanol–water partition coefficient (Wildman–Crippen LogP) is 5.18. The first-order chi connectivity index (χ1) is 13.1. The zero-order valence-corrected chi connectivity index (χ0v) is 15.6. The largest absolute Gasteiger partial charge is 0.338 e. The van der Waals surface area contributed by atoms with Gasteiger partial charge in [-0.1, -0.05) is 29.3 Å². The number of aromatic nitrogens is 4. The van der Waals surface area contributed by atoms with Gasteiger partial charge in [-0.15, -0.1) is 0 Å². The maximum absolute atomic E-state index is 6.04. The number of nitrogens with zero attached hydrogens (tertiary/aromatic N) is 4. The SMILES string of the molecule is Cc1ccc(Nc2nc(Nc3ccc(Cl)cc3C)nc3nccnc23)cc1. The number of rotatable bonds is 4. The van der Waals surface area contributed by atoms with E-state index in [-0.39, 0.29) is 0 Å². The Kier molecular flexibility index (Phi) is 4.56. The summed E-state index contributed by atoms with van der Waals surface area (Å²) in [6.07, 6.45) is 3.24. The van der Waals surface area contributed by atoms with E-state index in [1.807, 2.05) is 56.3 Å². The highest BCUT2D eigenvalue weighted by Gasteiger charge is 2.11. The topological polar surface area (TPSA) is 75.6 Å². The highest BCUT2D eigenvalue weighted by atomic mass is 35.5. The first kappa shape index (κ1) is 17.2. The number of hydrogen-bond donors (Lipinski definition) is 2. The molecule has 0 aliphatic carbocycles. The Labute approximate surface area is 161 Å². The molecular weight excluding hydrogens is 360 g/mol. The van der Waals surface area contributed by atoms with Crippen molar-refractivity contribution in [2.75, 3.05) is 10.6 Å². The molecule has 2 aromatic carbocycles. The average Bonchev–Trinajstić information content (AvgIpc) is 2.66. The molecule has 0 bridgehead atoms. The Morgan fingerprint density at radius 1 is 0.852 bits per heavy atom. The molecule has 0 saturated heterocycles. The van der Waals surface area contributed by atoms with Gasteiger partial charge in [0, 0.05) is 28.8 Å². The molecule has 0 saturated carbocycles. The van der Waals surface area contributed by atoms with Crippen LogP contribution in [0.25, 0.3) is 11.2 Å². The molecule has 0 unspecified atom stereocenters. The Morgan fingerprint density at radius 3 is 2.41 bits per heavy atom. The number of fused-ring (bicyclic) bond motifs is 1. The smallest absolute Gasteiger partial charge is 0.231 e. The monoisotopic (exact) mass is 376 g/mol. The molecule has 2 aromatic heterocycles. The van der Waals surface area contributed by atoms with E-state index < -0.39 is 0 Å². The van der Waals surface area contributed by atoms with E-state index in [0.29, 0.717) is 28.0 Å². The third-order valence-corrected chi connectivity index (χ3v) is 4.32. The van der Waals surface area contributed by atoms with Crippen LogP contribution < -0.4 is 10.6 Å². The van der Waals surface area contributed by atoms with E-state index in [4.69, 9.17) is 11.6 Å². The number of anilines is 4. The van der Waals surface area contributed by atoms with Gasteiger partial charge in [-0.05, 0) is 49.7 Å². The number of nitrogens with one attached hydrogen (secondary N) is 2. The standard InChI is InChI=1S/C20H17ClN6/c1-12-3-6-15(7-4-12)24-19-17-18(23-10-9-22-17)26-20(27-19)25-16-8-5-14(21)11-13(16)2/h3-11H,1-2H3,(H2,23,24,25,26,27). The lowest BCUT2D eigenvalue weighted by molar-refractivity contribution is 1.14. The van der Waals surface area contributed by atoms with Gasteiger partial charge >= 0.3 is 0 Å². The second-order valence-electron chi connectivity index (χ2n) is 6.20. The lowest BCUT2D eigenvalue weighted by Crippen LogP contribution is -2.04. The summed E-state index contributed by atoms with van der Waals surface area (Å²) < 4.78 is 0. The van der Waals surface area contributed by atoms with Crippen molar-refractivity contribution < 1.29 is 0 Å². The molecule has 0 atom stereocenters. The minimum Gasteiger partial charge on any atom is -0.338 e. The molecular formula is C20H17ClN6. The van der Waals surface area contributed by atoms with Crippen molar-refractivity contribution in [2.24, 2.45) is 0 Å². The Bertz CT molecular complexity index is 1110. The van der Waals surface area contributed by atoms with Crippen LogP contribution in [0.5, 0.6) is 0 Å². The molecule has 0 aliphatic rings. The maximum atomic E-state index is 6.04. The van der Waals surface area contributed by atoms with Gasteiger partial charge in [-0.3, -0.25) is 0 Å². The second-order valence-corrected chi connectivity index (χ2v) is 6.64. The lowest BCUT2D eigenvalue weighted by atomic mass is 10.2. The molecule has 2 heterocycles. The summed E-state index contributed by atoms with van der Waals surface area (Å²) in [5, 5.41) is 7.23. The first-order valence-corrected chi connectivity index (χ1v) is 8.82. The fraction of sp³-hybridized carbons (Fsp3) is 0.100. The molecule has 0 amide bonds. The van der Waals surface area contributed by atoms with E-state index in [2.05, 4.69) is 30.6 Å². The van der Waals surface area contributed by atoms with E-state index in [1.165, 1.54) is 5.56 Å². The summed E-state index contributed by atoms with van der Waals surface area (Å²) in [6, 6.07) is 13.7. The van der Waals surface area contributed by atoms with Crippen LogP contribution in [-0.4, -0.2) is 19.9 Å². The van der Waals surface area contributed by atoms with Crippen LogP contribution in [0.15, 0.2) is 54.9 Å². The van der Waals surface area contributed by atoms with Crippen molar-refractivity contribution in [3.05, 3.63) is 71.0 Å². The van der Waals surface area contributed by atoms with Crippen LogP contribution >= 0.6 is 11.6 Å². The summed E-state index contributed by atoms with van der Waals surface area (Å²) in [4.78, 5) is 17.8. The van der Waals surface area contributed by atoms with E-state index in [1.54, 1.807) is 12.4 Å². The van der Waals surface area contributed by atoms with E-state index in [0.717, 1.165) is 16.9 Å². The molecule has 2 N–H and O–H groups in total. The molecule has 7 heteroatoms. The lowest BCUT2D eigenvalue weighted by Gasteiger charge is -2.12. The number of aryl methyl sites for hydroxylation is 2. The first-order valence-electron chi connectivity index (χ1n) is 8.44. The van der Waals surface area contributed by atoms with Crippen LogP contribution in [0, 0.1) is 13.8 Å². The minimum absolute atomic E-state index is 0.433. The zero-order valence-electron chi connectivity index (χ0n) is 14.9. The summed E-state index contributed by atoms with van der Waals surface area (Å²) in [5.74, 6) is 1.02. The fourth-order valence-electron chi connectivity index (χ4n) is 2.67. The highest BCUT2D eigenvalue weighted by molar-refractivity contribution is 6.30. The van der Waals surface area contributed by atoms with Gasteiger partial charge in [0.25, 0.3) is 0 Å². The predicted molar refractivity (Wildman–Crippen MR) is 109 cm³/mol. The summed E-state index contributed by atoms with van der Waals surface area (Å²) in [5.41, 5.74) is 5.10. The van der Waals surface area contributed by atoms with Gasteiger partial charge in [-0.2, -0.15) is 9.97 Å². The Morgan fingerprint density at radius 2 is 1.63 bits per heavy atom. The summed E-state index contributed by atoms with van der Waals surface area (Å²) >= 11 is 6.04. The second kappa shape index (κ2) is 7.17. The molecule has 6 nitrogen and oxygen atoms in total. The van der Waals surface area contributed by atoms with Gasteiger partial charge in [0.15, 0.2) is 17.0 Å². The highest BCUT2D eigenvalue weighted by Crippen LogP contribution is 2.26. The molecule has 27 heavy (non-hydrogen) atoms. The van der Waals surface area contributed by atoms with Crippen LogP contribution in [-0.2, 0) is 0 Å². The quantitative estimate of drug-likeness (QED) is 0.511. The molecule has 4 rings (SSSR count). The van der Waals surface area contributed by atoms with E-state index >= 15 is 0 Å². The summed E-state index contributed by atoms with van der Waals surface area (Å²) in [7, 11) is 0. The van der Waals surface area contributed by atoms with Crippen molar-refractivity contribution in [1.82, 2.24) is 19.9 Å². The molecule has 0 fully saturated rings. The van der Waals surface area contributed by atoms with Crippen LogP contribution in [0.1, 0.15) is 11.1 Å². The molecule has 134 valence electrons. The van der Waals surface area contributed by atoms with Crippen molar-refractivity contribution in [2.45, 2.75) is 13.8 Å². The normalized spacial score (nSPS) is 10.8. The number of halogens is 1. The van der Waals surface area contributed by atoms with Gasteiger partial charge < -0.3 is 10.6 Å². The van der Waals surface area contributed by atoms with Crippen molar-refractivity contribution in [1.29, 1.82) is 0 Å². The molecule has 0 spiro atoms. The Balaban J connectivity index is 1.74. The van der Waals surface area contributed by atoms with E-state index in [9.17, 15) is 0 Å². The molecule has 0 radical (unpaired) electrons. The minimum atomic E-state index is 0.433. The van der Waals surface area contributed by atoms with Gasteiger partial charge in [0.2, 0.25) is 5.95 Å². The molecule has 4 aromatic rings. The van der Waals surface area contributed by atoms with Gasteiger partial charge in [0.05, 0.1) is 0 Å². The van der Waals surface area contributed by atoms with Crippen molar-refractivity contribution in [3.8, 4) is 0 Å². The fourth-order valence-corrected chi connectivity index (χ4v) is 2.89. The van der Waals surface area contributed by atoms with Gasteiger partial charge in [-0.25, -0.2) is 9.97 Å². The third-order valence-electron chi connectivity index (χ3n) is 4.08.